The molecule has 0 unspecified atom stereocenters. The summed E-state index contributed by atoms with van der Waals surface area (Å²) < 4.78 is 5.66. The summed E-state index contributed by atoms with van der Waals surface area (Å²) in [5, 5.41) is 1.23. The van der Waals surface area contributed by atoms with Crippen LogP contribution in [0.1, 0.15) is 32.1 Å². The minimum atomic E-state index is 0.588. The Balaban J connectivity index is 1.56. The van der Waals surface area contributed by atoms with Gasteiger partial charge in [0, 0.05) is 5.02 Å². The number of nitrogens with zero attached hydrogens (tertiary/aromatic N) is 1. The van der Waals surface area contributed by atoms with E-state index in [0.29, 0.717) is 10.0 Å². The number of unbranched alkanes of at least 4 members (excludes halogenated alkanes) is 2. The van der Waals surface area contributed by atoms with Crippen molar-refractivity contribution in [2.24, 2.45) is 0 Å². The molecule has 0 spiro atoms. The van der Waals surface area contributed by atoms with Crippen LogP contribution < -0.4 is 4.74 Å². The molecule has 1 aliphatic rings. The van der Waals surface area contributed by atoms with Crippen LogP contribution in [0.25, 0.3) is 0 Å². The van der Waals surface area contributed by atoms with Crippen molar-refractivity contribution in [3.63, 3.8) is 0 Å². The molecule has 0 amide bonds. The van der Waals surface area contributed by atoms with Gasteiger partial charge in [0.05, 0.1) is 11.6 Å². The average Bonchev–Trinajstić information content (AvgIpc) is 2.89. The zero-order chi connectivity index (χ0) is 13.5. The zero-order valence-electron chi connectivity index (χ0n) is 11.2. The summed E-state index contributed by atoms with van der Waals surface area (Å²) >= 11 is 11.9. The van der Waals surface area contributed by atoms with E-state index in [-0.39, 0.29) is 0 Å². The van der Waals surface area contributed by atoms with Crippen molar-refractivity contribution in [2.45, 2.75) is 32.1 Å². The van der Waals surface area contributed by atoms with Gasteiger partial charge in [0.15, 0.2) is 0 Å². The molecule has 1 fully saturated rings. The Labute approximate surface area is 125 Å². The molecule has 0 N–H and O–H groups in total. The first kappa shape index (κ1) is 15.0. The van der Waals surface area contributed by atoms with Crippen LogP contribution >= 0.6 is 23.2 Å². The topological polar surface area (TPSA) is 12.5 Å². The molecule has 4 heteroatoms. The lowest BCUT2D eigenvalue weighted by Crippen LogP contribution is -2.20. The lowest BCUT2D eigenvalue weighted by atomic mass is 10.2. The maximum absolute atomic E-state index is 6.04. The van der Waals surface area contributed by atoms with Crippen molar-refractivity contribution in [1.29, 1.82) is 0 Å². The Morgan fingerprint density at radius 2 is 1.84 bits per heavy atom. The monoisotopic (exact) mass is 301 g/mol. The quantitative estimate of drug-likeness (QED) is 0.680. The first-order valence-electron chi connectivity index (χ1n) is 7.06. The second-order valence-corrected chi connectivity index (χ2v) is 5.88. The van der Waals surface area contributed by atoms with E-state index >= 15 is 0 Å². The Morgan fingerprint density at radius 3 is 2.58 bits per heavy atom. The molecule has 19 heavy (non-hydrogen) atoms. The van der Waals surface area contributed by atoms with Crippen LogP contribution in [0, 0.1) is 0 Å². The van der Waals surface area contributed by atoms with Gasteiger partial charge in [-0.15, -0.1) is 0 Å². The van der Waals surface area contributed by atoms with Crippen LogP contribution in [-0.2, 0) is 0 Å². The Hall–Kier alpha value is -0.440. The molecular formula is C15H21Cl2NO. The van der Waals surface area contributed by atoms with Crippen molar-refractivity contribution >= 4 is 23.2 Å². The van der Waals surface area contributed by atoms with E-state index in [1.165, 1.54) is 45.3 Å². The first-order valence-corrected chi connectivity index (χ1v) is 7.81. The molecule has 1 aliphatic heterocycles. The molecule has 106 valence electrons. The lowest BCUT2D eigenvalue weighted by molar-refractivity contribution is 0.290. The van der Waals surface area contributed by atoms with Crippen LogP contribution in [0.15, 0.2) is 18.2 Å². The first-order chi connectivity index (χ1) is 9.25. The van der Waals surface area contributed by atoms with Gasteiger partial charge >= 0.3 is 0 Å². The van der Waals surface area contributed by atoms with Gasteiger partial charge in [-0.2, -0.15) is 0 Å². The highest BCUT2D eigenvalue weighted by molar-refractivity contribution is 6.35. The lowest BCUT2D eigenvalue weighted by Gasteiger charge is -2.14. The molecule has 0 atom stereocenters. The number of benzene rings is 1. The van der Waals surface area contributed by atoms with Crippen LogP contribution in [-0.4, -0.2) is 31.1 Å². The minimum Gasteiger partial charge on any atom is -0.492 e. The number of halogens is 2. The third-order valence-electron chi connectivity index (χ3n) is 3.47. The maximum Gasteiger partial charge on any atom is 0.137 e. The Morgan fingerprint density at radius 1 is 1.05 bits per heavy atom. The second-order valence-electron chi connectivity index (χ2n) is 5.03. The molecule has 2 nitrogen and oxygen atoms in total. The third kappa shape index (κ3) is 5.21. The van der Waals surface area contributed by atoms with Gasteiger partial charge in [0.2, 0.25) is 0 Å². The number of ether oxygens (including phenoxy) is 1. The van der Waals surface area contributed by atoms with E-state index < -0.39 is 0 Å². The van der Waals surface area contributed by atoms with E-state index in [2.05, 4.69) is 4.90 Å². The fourth-order valence-electron chi connectivity index (χ4n) is 2.39. The normalized spacial score (nSPS) is 15.9. The molecule has 0 radical (unpaired) electrons. The number of rotatable bonds is 7. The van der Waals surface area contributed by atoms with E-state index in [1.54, 1.807) is 12.1 Å². The molecule has 1 aromatic rings. The van der Waals surface area contributed by atoms with E-state index in [1.807, 2.05) is 6.07 Å². The predicted octanol–water partition coefficient (Wildman–Crippen LogP) is 4.64. The van der Waals surface area contributed by atoms with Gasteiger partial charge in [-0.3, -0.25) is 0 Å². The molecule has 2 rings (SSSR count). The van der Waals surface area contributed by atoms with Crippen molar-refractivity contribution < 1.29 is 4.74 Å². The van der Waals surface area contributed by atoms with Crippen molar-refractivity contribution in [1.82, 2.24) is 4.90 Å². The largest absolute Gasteiger partial charge is 0.492 e. The van der Waals surface area contributed by atoms with Crippen LogP contribution in [0.3, 0.4) is 0 Å². The van der Waals surface area contributed by atoms with E-state index in [0.717, 1.165) is 18.8 Å². The van der Waals surface area contributed by atoms with Crippen molar-refractivity contribution in [3.05, 3.63) is 28.2 Å². The van der Waals surface area contributed by atoms with Gasteiger partial charge in [0.1, 0.15) is 5.75 Å². The highest BCUT2D eigenvalue weighted by atomic mass is 35.5. The maximum atomic E-state index is 6.04. The van der Waals surface area contributed by atoms with Crippen LogP contribution in [0.4, 0.5) is 0 Å². The average molecular weight is 302 g/mol. The third-order valence-corrected chi connectivity index (χ3v) is 4.00. The SMILES string of the molecule is Clc1ccc(OCCCCCN2CCCC2)c(Cl)c1. The summed E-state index contributed by atoms with van der Waals surface area (Å²) in [6.07, 6.45) is 6.29. The highest BCUT2D eigenvalue weighted by Gasteiger charge is 2.10. The van der Waals surface area contributed by atoms with E-state index in [4.69, 9.17) is 27.9 Å². The summed E-state index contributed by atoms with van der Waals surface area (Å²) in [5.41, 5.74) is 0. The smallest absolute Gasteiger partial charge is 0.137 e. The molecule has 1 heterocycles. The Bertz CT molecular complexity index is 392. The summed E-state index contributed by atoms with van der Waals surface area (Å²) in [5.74, 6) is 0.727. The summed E-state index contributed by atoms with van der Waals surface area (Å²) in [7, 11) is 0. The van der Waals surface area contributed by atoms with Crippen LogP contribution in [0.5, 0.6) is 5.75 Å². The van der Waals surface area contributed by atoms with Gasteiger partial charge in [-0.1, -0.05) is 23.2 Å². The van der Waals surface area contributed by atoms with E-state index in [9.17, 15) is 0 Å². The highest BCUT2D eigenvalue weighted by Crippen LogP contribution is 2.27. The fourth-order valence-corrected chi connectivity index (χ4v) is 2.86. The number of hydrogen-bond acceptors (Lipinski definition) is 2. The number of likely N-dealkylation sites (tertiary alicyclic amines) is 1. The van der Waals surface area contributed by atoms with Gasteiger partial charge in [-0.05, 0) is 69.9 Å². The summed E-state index contributed by atoms with van der Waals surface area (Å²) in [6.45, 7) is 4.54. The minimum absolute atomic E-state index is 0.588. The fraction of sp³-hybridized carbons (Fsp3) is 0.600. The van der Waals surface area contributed by atoms with Gasteiger partial charge in [-0.25, -0.2) is 0 Å². The Kier molecular flexibility index (Phi) is 6.29. The molecule has 0 aromatic heterocycles. The summed E-state index contributed by atoms with van der Waals surface area (Å²) in [6, 6.07) is 5.34. The van der Waals surface area contributed by atoms with Crippen LogP contribution in [0.2, 0.25) is 10.0 Å². The van der Waals surface area contributed by atoms with Crippen molar-refractivity contribution in [2.75, 3.05) is 26.2 Å². The molecule has 1 saturated heterocycles. The standard InChI is InChI=1S/C15H21Cl2NO/c16-13-6-7-15(14(17)12-13)19-11-5-1-2-8-18-9-3-4-10-18/h6-7,12H,1-5,8-11H2. The number of hydrogen-bond donors (Lipinski definition) is 0. The molecule has 0 bridgehead atoms. The predicted molar refractivity (Wildman–Crippen MR) is 81.5 cm³/mol. The molecule has 0 saturated carbocycles. The second kappa shape index (κ2) is 7.98. The molecular weight excluding hydrogens is 281 g/mol. The summed E-state index contributed by atoms with van der Waals surface area (Å²) in [4.78, 5) is 2.55. The zero-order valence-corrected chi connectivity index (χ0v) is 12.7. The van der Waals surface area contributed by atoms with Gasteiger partial charge < -0.3 is 9.64 Å². The van der Waals surface area contributed by atoms with Gasteiger partial charge in [0.25, 0.3) is 0 Å². The molecule has 1 aromatic carbocycles. The van der Waals surface area contributed by atoms with Crippen molar-refractivity contribution in [3.8, 4) is 5.75 Å². The molecule has 0 aliphatic carbocycles.